The minimum Gasteiger partial charge on any atom is -0.396 e. The van der Waals surface area contributed by atoms with Crippen molar-refractivity contribution >= 4 is 11.5 Å². The van der Waals surface area contributed by atoms with Crippen LogP contribution in [0, 0.1) is 11.3 Å². The molecule has 0 unspecified atom stereocenters. The summed E-state index contributed by atoms with van der Waals surface area (Å²) in [5, 5.41) is 11.8. The Bertz CT molecular complexity index is 400. The normalized spacial score (nSPS) is 10.0. The Kier molecular flexibility index (Phi) is 6.59. The highest BCUT2D eigenvalue weighted by Crippen LogP contribution is 2.15. The number of pyridine rings is 1. The number of nitrogens with zero attached hydrogens (tertiary/aromatic N) is 2. The zero-order chi connectivity index (χ0) is 13.2. The quantitative estimate of drug-likeness (QED) is 0.689. The van der Waals surface area contributed by atoms with Crippen molar-refractivity contribution in [2.75, 3.05) is 30.8 Å². The van der Waals surface area contributed by atoms with Crippen molar-refractivity contribution < 1.29 is 4.74 Å². The first kappa shape index (κ1) is 14.3. The third kappa shape index (κ3) is 5.02. The SMILES string of the molecule is CCCCOCCCNc1ncc(C#N)cc1N. The molecule has 0 amide bonds. The molecule has 0 saturated carbocycles. The van der Waals surface area contributed by atoms with Gasteiger partial charge in [-0.05, 0) is 18.9 Å². The van der Waals surface area contributed by atoms with E-state index >= 15 is 0 Å². The molecule has 5 heteroatoms. The topological polar surface area (TPSA) is 84.0 Å². The Morgan fingerprint density at radius 3 is 2.89 bits per heavy atom. The van der Waals surface area contributed by atoms with Crippen LogP contribution in [-0.2, 0) is 4.74 Å². The Morgan fingerprint density at radius 1 is 1.44 bits per heavy atom. The van der Waals surface area contributed by atoms with Crippen LogP contribution in [-0.4, -0.2) is 24.7 Å². The van der Waals surface area contributed by atoms with Gasteiger partial charge >= 0.3 is 0 Å². The summed E-state index contributed by atoms with van der Waals surface area (Å²) in [7, 11) is 0. The molecule has 0 radical (unpaired) electrons. The van der Waals surface area contributed by atoms with Crippen LogP contribution in [0.3, 0.4) is 0 Å². The van der Waals surface area contributed by atoms with Gasteiger partial charge in [-0.15, -0.1) is 0 Å². The van der Waals surface area contributed by atoms with Gasteiger partial charge in [0.15, 0.2) is 0 Å². The van der Waals surface area contributed by atoms with Gasteiger partial charge in [0.05, 0.1) is 11.3 Å². The zero-order valence-corrected chi connectivity index (χ0v) is 10.8. The van der Waals surface area contributed by atoms with Crippen molar-refractivity contribution in [1.29, 1.82) is 5.26 Å². The Morgan fingerprint density at radius 2 is 2.22 bits per heavy atom. The van der Waals surface area contributed by atoms with Crippen molar-refractivity contribution in [3.8, 4) is 6.07 Å². The zero-order valence-electron chi connectivity index (χ0n) is 10.8. The van der Waals surface area contributed by atoms with Gasteiger partial charge in [-0.25, -0.2) is 4.98 Å². The number of unbranched alkanes of at least 4 members (excludes halogenated alkanes) is 1. The maximum atomic E-state index is 8.69. The van der Waals surface area contributed by atoms with Gasteiger partial charge in [0.25, 0.3) is 0 Å². The predicted molar refractivity (Wildman–Crippen MR) is 72.2 cm³/mol. The molecule has 0 aliphatic rings. The van der Waals surface area contributed by atoms with Gasteiger partial charge in [0, 0.05) is 26.0 Å². The molecule has 1 heterocycles. The van der Waals surface area contributed by atoms with Gasteiger partial charge in [0.1, 0.15) is 11.9 Å². The van der Waals surface area contributed by atoms with Crippen LogP contribution in [0.25, 0.3) is 0 Å². The highest BCUT2D eigenvalue weighted by atomic mass is 16.5. The van der Waals surface area contributed by atoms with Crippen LogP contribution in [0.1, 0.15) is 31.7 Å². The molecule has 0 fully saturated rings. The number of nitrogen functional groups attached to an aromatic ring is 1. The van der Waals surface area contributed by atoms with E-state index in [-0.39, 0.29) is 0 Å². The first-order valence-electron chi connectivity index (χ1n) is 6.25. The molecular weight excluding hydrogens is 228 g/mol. The van der Waals surface area contributed by atoms with E-state index in [1.807, 2.05) is 6.07 Å². The van der Waals surface area contributed by atoms with Gasteiger partial charge in [-0.3, -0.25) is 0 Å². The monoisotopic (exact) mass is 248 g/mol. The van der Waals surface area contributed by atoms with Crippen molar-refractivity contribution in [1.82, 2.24) is 4.98 Å². The molecule has 5 nitrogen and oxygen atoms in total. The molecule has 0 saturated heterocycles. The third-order valence-electron chi connectivity index (χ3n) is 2.45. The number of nitrogens with two attached hydrogens (primary N) is 1. The summed E-state index contributed by atoms with van der Waals surface area (Å²) >= 11 is 0. The van der Waals surface area contributed by atoms with E-state index in [1.54, 1.807) is 6.07 Å². The second kappa shape index (κ2) is 8.31. The number of aromatic nitrogens is 1. The molecular formula is C13H20N4O. The van der Waals surface area contributed by atoms with Gasteiger partial charge in [-0.2, -0.15) is 5.26 Å². The fourth-order valence-corrected chi connectivity index (χ4v) is 1.42. The molecule has 0 atom stereocenters. The van der Waals surface area contributed by atoms with Gasteiger partial charge in [-0.1, -0.05) is 13.3 Å². The summed E-state index contributed by atoms with van der Waals surface area (Å²) in [6.07, 6.45) is 4.68. The number of nitriles is 1. The van der Waals surface area contributed by atoms with Crippen LogP contribution in [0.4, 0.5) is 11.5 Å². The second-order valence-electron chi connectivity index (χ2n) is 4.02. The third-order valence-corrected chi connectivity index (χ3v) is 2.45. The van der Waals surface area contributed by atoms with E-state index in [1.165, 1.54) is 6.20 Å². The lowest BCUT2D eigenvalue weighted by molar-refractivity contribution is 0.131. The minimum atomic E-state index is 0.473. The van der Waals surface area contributed by atoms with Crippen LogP contribution < -0.4 is 11.1 Å². The summed E-state index contributed by atoms with van der Waals surface area (Å²) in [4.78, 5) is 4.10. The van der Waals surface area contributed by atoms with Crippen molar-refractivity contribution in [3.05, 3.63) is 17.8 Å². The summed E-state index contributed by atoms with van der Waals surface area (Å²) in [5.74, 6) is 0.627. The summed E-state index contributed by atoms with van der Waals surface area (Å²) in [6, 6.07) is 3.62. The molecule has 1 rings (SSSR count). The molecule has 1 aromatic heterocycles. The standard InChI is InChI=1S/C13H20N4O/c1-2-3-6-18-7-4-5-16-13-12(15)8-11(9-14)10-17-13/h8,10H,2-7,15H2,1H3,(H,16,17). The van der Waals surface area contributed by atoms with Gasteiger partial charge < -0.3 is 15.8 Å². The lowest BCUT2D eigenvalue weighted by Gasteiger charge is -2.08. The smallest absolute Gasteiger partial charge is 0.149 e. The average molecular weight is 248 g/mol. The number of ether oxygens (including phenoxy) is 1. The van der Waals surface area contributed by atoms with Crippen LogP contribution >= 0.6 is 0 Å². The second-order valence-corrected chi connectivity index (χ2v) is 4.02. The minimum absolute atomic E-state index is 0.473. The van der Waals surface area contributed by atoms with E-state index in [2.05, 4.69) is 17.2 Å². The van der Waals surface area contributed by atoms with Crippen LogP contribution in [0.15, 0.2) is 12.3 Å². The van der Waals surface area contributed by atoms with E-state index in [4.69, 9.17) is 15.7 Å². The van der Waals surface area contributed by atoms with E-state index < -0.39 is 0 Å². The van der Waals surface area contributed by atoms with E-state index in [0.29, 0.717) is 17.1 Å². The number of hydrogen-bond acceptors (Lipinski definition) is 5. The fourth-order valence-electron chi connectivity index (χ4n) is 1.42. The van der Waals surface area contributed by atoms with E-state index in [0.717, 1.165) is 39.0 Å². The van der Waals surface area contributed by atoms with Crippen LogP contribution in [0.5, 0.6) is 0 Å². The molecule has 3 N–H and O–H groups in total. The van der Waals surface area contributed by atoms with Crippen molar-refractivity contribution in [2.45, 2.75) is 26.2 Å². The molecule has 0 bridgehead atoms. The maximum absolute atomic E-state index is 8.69. The lowest BCUT2D eigenvalue weighted by Crippen LogP contribution is -2.09. The van der Waals surface area contributed by atoms with Crippen molar-refractivity contribution in [3.63, 3.8) is 0 Å². The summed E-state index contributed by atoms with van der Waals surface area (Å²) in [6.45, 7) is 4.47. The number of anilines is 2. The Balaban J connectivity index is 2.21. The molecule has 18 heavy (non-hydrogen) atoms. The molecule has 0 aliphatic carbocycles. The molecule has 0 spiro atoms. The molecule has 0 aromatic carbocycles. The first-order chi connectivity index (χ1) is 8.77. The molecule has 98 valence electrons. The fraction of sp³-hybridized carbons (Fsp3) is 0.538. The summed E-state index contributed by atoms with van der Waals surface area (Å²) in [5.41, 5.74) is 6.74. The Hall–Kier alpha value is -1.80. The number of rotatable bonds is 8. The maximum Gasteiger partial charge on any atom is 0.149 e. The molecule has 0 aliphatic heterocycles. The highest BCUT2D eigenvalue weighted by molar-refractivity contribution is 5.62. The largest absolute Gasteiger partial charge is 0.396 e. The lowest BCUT2D eigenvalue weighted by atomic mass is 10.3. The number of hydrogen-bond donors (Lipinski definition) is 2. The van der Waals surface area contributed by atoms with E-state index in [9.17, 15) is 0 Å². The summed E-state index contributed by atoms with van der Waals surface area (Å²) < 4.78 is 5.44. The molecule has 1 aromatic rings. The first-order valence-corrected chi connectivity index (χ1v) is 6.25. The average Bonchev–Trinajstić information content (AvgIpc) is 2.39. The van der Waals surface area contributed by atoms with Crippen LogP contribution in [0.2, 0.25) is 0 Å². The Labute approximate surface area is 108 Å². The predicted octanol–water partition coefficient (Wildman–Crippen LogP) is 2.15. The number of nitrogens with one attached hydrogen (secondary N) is 1. The highest BCUT2D eigenvalue weighted by Gasteiger charge is 2.01. The van der Waals surface area contributed by atoms with Gasteiger partial charge in [0.2, 0.25) is 0 Å². The van der Waals surface area contributed by atoms with Crippen molar-refractivity contribution in [2.24, 2.45) is 0 Å².